The molecule has 0 N–H and O–H groups in total. The molecule has 142 valence electrons. The van der Waals surface area contributed by atoms with Gasteiger partial charge in [0, 0.05) is 10.0 Å². The van der Waals surface area contributed by atoms with Crippen LogP contribution >= 0.6 is 15.9 Å². The summed E-state index contributed by atoms with van der Waals surface area (Å²) in [5, 5.41) is 0. The van der Waals surface area contributed by atoms with Gasteiger partial charge in [-0.15, -0.1) is 0 Å². The molecule has 6 nitrogen and oxygen atoms in total. The Morgan fingerprint density at radius 2 is 1.89 bits per heavy atom. The number of carbonyl (C=O) groups excluding carboxylic acids is 1. The second-order valence-corrected chi connectivity index (χ2v) is 7.20. The maximum atomic E-state index is 13.2. The third-order valence-corrected chi connectivity index (χ3v) is 5.16. The Kier molecular flexibility index (Phi) is 5.08. The van der Waals surface area contributed by atoms with Gasteiger partial charge in [-0.05, 0) is 36.8 Å². The highest BCUT2D eigenvalue weighted by molar-refractivity contribution is 9.10. The van der Waals surface area contributed by atoms with Crippen LogP contribution in [-0.2, 0) is 20.1 Å². The molecule has 0 aliphatic carbocycles. The normalized spacial score (nSPS) is 17.9. The fraction of sp³-hybridized carbons (Fsp3) is 0.350. The average molecular weight is 434 g/mol. The van der Waals surface area contributed by atoms with Crippen LogP contribution in [0.1, 0.15) is 12.0 Å². The number of anilines is 1. The molecule has 2 aromatic carbocycles. The standard InChI is InChI=1S/C20H20BrNO5/c1-24-17-5-2-3-6-18(17)25-12-9-22-16-8-7-14(21)13-15(16)20(19(22)23)26-10-4-11-27-20/h2-3,5-8,13H,4,9-12H2,1H3. The van der Waals surface area contributed by atoms with E-state index in [-0.39, 0.29) is 5.91 Å². The van der Waals surface area contributed by atoms with Gasteiger partial charge in [0.2, 0.25) is 0 Å². The number of rotatable bonds is 5. The Bertz CT molecular complexity index is 850. The van der Waals surface area contributed by atoms with Crippen LogP contribution in [-0.4, -0.2) is 39.4 Å². The summed E-state index contributed by atoms with van der Waals surface area (Å²) in [7, 11) is 1.60. The van der Waals surface area contributed by atoms with Crippen molar-refractivity contribution in [1.29, 1.82) is 0 Å². The second kappa shape index (κ2) is 7.50. The van der Waals surface area contributed by atoms with Gasteiger partial charge in [0.25, 0.3) is 11.7 Å². The van der Waals surface area contributed by atoms with E-state index in [0.29, 0.717) is 37.9 Å². The van der Waals surface area contributed by atoms with E-state index in [0.717, 1.165) is 22.1 Å². The summed E-state index contributed by atoms with van der Waals surface area (Å²) >= 11 is 3.47. The lowest BCUT2D eigenvalue weighted by Crippen LogP contribution is -2.48. The van der Waals surface area contributed by atoms with Gasteiger partial charge in [0.15, 0.2) is 11.5 Å². The molecule has 1 spiro atoms. The van der Waals surface area contributed by atoms with Crippen LogP contribution in [0.15, 0.2) is 46.9 Å². The number of ether oxygens (including phenoxy) is 4. The first-order valence-corrected chi connectivity index (χ1v) is 9.61. The van der Waals surface area contributed by atoms with Crippen molar-refractivity contribution in [2.45, 2.75) is 12.2 Å². The summed E-state index contributed by atoms with van der Waals surface area (Å²) in [5.74, 6) is -0.256. The third-order valence-electron chi connectivity index (χ3n) is 4.67. The van der Waals surface area contributed by atoms with Gasteiger partial charge >= 0.3 is 0 Å². The number of amides is 1. The molecule has 2 aliphatic heterocycles. The number of hydrogen-bond acceptors (Lipinski definition) is 5. The zero-order valence-corrected chi connectivity index (χ0v) is 16.5. The average Bonchev–Trinajstić information content (AvgIpc) is 2.91. The molecule has 0 atom stereocenters. The van der Waals surface area contributed by atoms with Crippen molar-refractivity contribution in [3.8, 4) is 11.5 Å². The van der Waals surface area contributed by atoms with E-state index >= 15 is 0 Å². The molecule has 27 heavy (non-hydrogen) atoms. The van der Waals surface area contributed by atoms with Gasteiger partial charge < -0.3 is 23.8 Å². The predicted molar refractivity (Wildman–Crippen MR) is 103 cm³/mol. The van der Waals surface area contributed by atoms with Gasteiger partial charge in [0.05, 0.1) is 32.6 Å². The number of para-hydroxylation sites is 2. The smallest absolute Gasteiger partial charge is 0.292 e. The van der Waals surface area contributed by atoms with Crippen molar-refractivity contribution in [2.75, 3.05) is 38.4 Å². The van der Waals surface area contributed by atoms with Crippen molar-refractivity contribution in [3.63, 3.8) is 0 Å². The van der Waals surface area contributed by atoms with Gasteiger partial charge in [-0.2, -0.15) is 0 Å². The van der Waals surface area contributed by atoms with E-state index in [4.69, 9.17) is 18.9 Å². The lowest BCUT2D eigenvalue weighted by Gasteiger charge is -2.32. The molecule has 2 heterocycles. The SMILES string of the molecule is COc1ccccc1OCCN1C(=O)C2(OCCCO2)c2cc(Br)ccc21. The van der Waals surface area contributed by atoms with E-state index < -0.39 is 5.79 Å². The van der Waals surface area contributed by atoms with Gasteiger partial charge in [-0.25, -0.2) is 0 Å². The molecule has 1 amide bonds. The van der Waals surface area contributed by atoms with Crippen molar-refractivity contribution in [2.24, 2.45) is 0 Å². The topological polar surface area (TPSA) is 57.2 Å². The molecule has 2 aliphatic rings. The number of benzene rings is 2. The molecular weight excluding hydrogens is 414 g/mol. The van der Waals surface area contributed by atoms with Crippen molar-refractivity contribution in [1.82, 2.24) is 0 Å². The lowest BCUT2D eigenvalue weighted by molar-refractivity contribution is -0.256. The minimum atomic E-state index is -1.35. The monoisotopic (exact) mass is 433 g/mol. The summed E-state index contributed by atoms with van der Waals surface area (Å²) in [6.07, 6.45) is 0.773. The highest BCUT2D eigenvalue weighted by Crippen LogP contribution is 2.46. The molecule has 1 fully saturated rings. The molecule has 0 saturated carbocycles. The number of hydrogen-bond donors (Lipinski definition) is 0. The Balaban J connectivity index is 1.56. The molecule has 0 unspecified atom stereocenters. The van der Waals surface area contributed by atoms with Gasteiger partial charge in [0.1, 0.15) is 6.61 Å². The minimum Gasteiger partial charge on any atom is -0.493 e. The van der Waals surface area contributed by atoms with Crippen LogP contribution in [0, 0.1) is 0 Å². The zero-order chi connectivity index (χ0) is 18.9. The minimum absolute atomic E-state index is 0.209. The Morgan fingerprint density at radius 3 is 2.63 bits per heavy atom. The molecule has 0 bridgehead atoms. The van der Waals surface area contributed by atoms with E-state index in [1.54, 1.807) is 12.0 Å². The molecule has 0 radical (unpaired) electrons. The first-order chi connectivity index (χ1) is 13.2. The molecular formula is C20H20BrNO5. The fourth-order valence-electron chi connectivity index (χ4n) is 3.43. The first kappa shape index (κ1) is 18.3. The highest BCUT2D eigenvalue weighted by Gasteiger charge is 2.54. The predicted octanol–water partition coefficient (Wildman–Crippen LogP) is 3.47. The maximum Gasteiger partial charge on any atom is 0.292 e. The lowest BCUT2D eigenvalue weighted by atomic mass is 10.1. The largest absolute Gasteiger partial charge is 0.493 e. The molecule has 7 heteroatoms. The van der Waals surface area contributed by atoms with Crippen molar-refractivity contribution in [3.05, 3.63) is 52.5 Å². The van der Waals surface area contributed by atoms with Crippen LogP contribution in [0.4, 0.5) is 5.69 Å². The van der Waals surface area contributed by atoms with E-state index in [1.807, 2.05) is 42.5 Å². The van der Waals surface area contributed by atoms with Gasteiger partial charge in [-0.3, -0.25) is 4.79 Å². The van der Waals surface area contributed by atoms with E-state index in [1.165, 1.54) is 0 Å². The number of methoxy groups -OCH3 is 1. The molecule has 2 aromatic rings. The molecule has 0 aromatic heterocycles. The maximum absolute atomic E-state index is 13.2. The van der Waals surface area contributed by atoms with Crippen molar-refractivity contribution >= 4 is 27.5 Å². The zero-order valence-electron chi connectivity index (χ0n) is 14.9. The quantitative estimate of drug-likeness (QED) is 0.722. The van der Waals surface area contributed by atoms with Crippen molar-refractivity contribution < 1.29 is 23.7 Å². The number of carbonyl (C=O) groups is 1. The van der Waals surface area contributed by atoms with Crippen LogP contribution in [0.2, 0.25) is 0 Å². The molecule has 4 rings (SSSR count). The Hall–Kier alpha value is -2.09. The third kappa shape index (κ3) is 3.20. The van der Waals surface area contributed by atoms with Crippen LogP contribution < -0.4 is 14.4 Å². The van der Waals surface area contributed by atoms with E-state index in [2.05, 4.69) is 15.9 Å². The Labute approximate surface area is 166 Å². The Morgan fingerprint density at radius 1 is 1.15 bits per heavy atom. The number of halogens is 1. The second-order valence-electron chi connectivity index (χ2n) is 6.28. The summed E-state index contributed by atoms with van der Waals surface area (Å²) in [4.78, 5) is 14.9. The van der Waals surface area contributed by atoms with Gasteiger partial charge in [-0.1, -0.05) is 28.1 Å². The fourth-order valence-corrected chi connectivity index (χ4v) is 3.79. The number of nitrogens with zero attached hydrogens (tertiary/aromatic N) is 1. The van der Waals surface area contributed by atoms with E-state index in [9.17, 15) is 4.79 Å². The highest BCUT2D eigenvalue weighted by atomic mass is 79.9. The molecule has 1 saturated heterocycles. The summed E-state index contributed by atoms with van der Waals surface area (Å²) < 4.78 is 23.7. The van der Waals surface area contributed by atoms with Crippen LogP contribution in [0.5, 0.6) is 11.5 Å². The summed E-state index contributed by atoms with van der Waals surface area (Å²) in [5.41, 5.74) is 1.52. The number of fused-ring (bicyclic) bond motifs is 2. The summed E-state index contributed by atoms with van der Waals surface area (Å²) in [6.45, 7) is 1.67. The first-order valence-electron chi connectivity index (χ1n) is 8.81. The van der Waals surface area contributed by atoms with Crippen LogP contribution in [0.25, 0.3) is 0 Å². The summed E-state index contributed by atoms with van der Waals surface area (Å²) in [6, 6.07) is 13.1. The van der Waals surface area contributed by atoms with Crippen LogP contribution in [0.3, 0.4) is 0 Å².